The summed E-state index contributed by atoms with van der Waals surface area (Å²) in [6.45, 7) is 7.82. The van der Waals surface area contributed by atoms with Gasteiger partial charge in [-0.2, -0.15) is 0 Å². The van der Waals surface area contributed by atoms with Gasteiger partial charge in [0, 0.05) is 10.0 Å². The maximum Gasteiger partial charge on any atom is 0.160 e. The molecule has 0 aromatic heterocycles. The molecule has 2 nitrogen and oxygen atoms in total. The molecule has 0 spiro atoms. The highest BCUT2D eigenvalue weighted by Gasteiger charge is 2.11. The number of Topliss-reactive ketones (excluding diaryl/α,β-unsaturated/α-hetero) is 1. The highest BCUT2D eigenvalue weighted by molar-refractivity contribution is 9.10. The van der Waals surface area contributed by atoms with Crippen LogP contribution >= 0.6 is 15.9 Å². The van der Waals surface area contributed by atoms with E-state index >= 15 is 0 Å². The van der Waals surface area contributed by atoms with Gasteiger partial charge in [0.1, 0.15) is 5.75 Å². The van der Waals surface area contributed by atoms with E-state index in [-0.39, 0.29) is 11.9 Å². The molecular weight excluding hydrogens is 268 g/mol. The predicted molar refractivity (Wildman–Crippen MR) is 69.1 cm³/mol. The fraction of sp³-hybridized carbons (Fsp3) is 0.462. The van der Waals surface area contributed by atoms with Crippen LogP contribution in [0.15, 0.2) is 22.7 Å². The van der Waals surface area contributed by atoms with Crippen LogP contribution in [0.2, 0.25) is 0 Å². The van der Waals surface area contributed by atoms with E-state index in [9.17, 15) is 4.79 Å². The van der Waals surface area contributed by atoms with Gasteiger partial charge in [-0.15, -0.1) is 0 Å². The zero-order valence-electron chi connectivity index (χ0n) is 10.1. The summed E-state index contributed by atoms with van der Waals surface area (Å²) >= 11 is 3.37. The van der Waals surface area contributed by atoms with Crippen molar-refractivity contribution in [3.63, 3.8) is 0 Å². The third-order valence-corrected chi connectivity index (χ3v) is 3.24. The monoisotopic (exact) mass is 284 g/mol. The second kappa shape index (κ2) is 5.48. The standard InChI is InChI=1S/C13H17BrO2/c1-8(2)10(4)16-11-5-6-12(9(3)15)13(14)7-11/h5-8,10H,1-4H3. The number of benzene rings is 1. The summed E-state index contributed by atoms with van der Waals surface area (Å²) in [7, 11) is 0. The van der Waals surface area contributed by atoms with E-state index in [1.807, 2.05) is 19.1 Å². The van der Waals surface area contributed by atoms with Crippen LogP contribution in [0.5, 0.6) is 5.75 Å². The molecule has 0 aliphatic heterocycles. The van der Waals surface area contributed by atoms with Gasteiger partial charge >= 0.3 is 0 Å². The molecule has 1 atom stereocenters. The Morgan fingerprint density at radius 3 is 2.38 bits per heavy atom. The number of hydrogen-bond acceptors (Lipinski definition) is 2. The average Bonchev–Trinajstić information content (AvgIpc) is 2.16. The van der Waals surface area contributed by atoms with Crippen LogP contribution in [0.1, 0.15) is 38.1 Å². The van der Waals surface area contributed by atoms with Crippen molar-refractivity contribution in [3.05, 3.63) is 28.2 Å². The molecule has 0 radical (unpaired) electrons. The van der Waals surface area contributed by atoms with Crippen molar-refractivity contribution in [1.82, 2.24) is 0 Å². The predicted octanol–water partition coefficient (Wildman–Crippen LogP) is 4.08. The Morgan fingerprint density at radius 2 is 1.94 bits per heavy atom. The van der Waals surface area contributed by atoms with Crippen molar-refractivity contribution in [2.24, 2.45) is 5.92 Å². The fourth-order valence-corrected chi connectivity index (χ4v) is 1.84. The minimum atomic E-state index is 0.0512. The van der Waals surface area contributed by atoms with Crippen LogP contribution in [0.3, 0.4) is 0 Å². The van der Waals surface area contributed by atoms with Gasteiger partial charge in [-0.25, -0.2) is 0 Å². The second-order valence-corrected chi connectivity index (χ2v) is 5.12. The van der Waals surface area contributed by atoms with E-state index in [0.29, 0.717) is 11.5 Å². The van der Waals surface area contributed by atoms with E-state index in [0.717, 1.165) is 10.2 Å². The molecule has 0 heterocycles. The van der Waals surface area contributed by atoms with Crippen molar-refractivity contribution in [2.75, 3.05) is 0 Å². The molecule has 0 saturated heterocycles. The van der Waals surface area contributed by atoms with Gasteiger partial charge in [0.25, 0.3) is 0 Å². The van der Waals surface area contributed by atoms with Crippen molar-refractivity contribution in [3.8, 4) is 5.75 Å². The van der Waals surface area contributed by atoms with Crippen LogP contribution in [0, 0.1) is 5.92 Å². The van der Waals surface area contributed by atoms with Crippen LogP contribution in [0.4, 0.5) is 0 Å². The maximum absolute atomic E-state index is 11.2. The second-order valence-electron chi connectivity index (χ2n) is 4.26. The summed E-state index contributed by atoms with van der Waals surface area (Å²) in [4.78, 5) is 11.2. The lowest BCUT2D eigenvalue weighted by atomic mass is 10.1. The Labute approximate surface area is 105 Å². The number of ketones is 1. The molecule has 3 heteroatoms. The lowest BCUT2D eigenvalue weighted by Gasteiger charge is -2.18. The van der Waals surface area contributed by atoms with Gasteiger partial charge in [-0.1, -0.05) is 13.8 Å². The summed E-state index contributed by atoms with van der Waals surface area (Å²) in [6, 6.07) is 5.46. The van der Waals surface area contributed by atoms with Gasteiger partial charge in [-0.05, 0) is 53.9 Å². The Kier molecular flexibility index (Phi) is 4.54. The molecule has 0 saturated carbocycles. The SMILES string of the molecule is CC(=O)c1ccc(OC(C)C(C)C)cc1Br. The van der Waals surface area contributed by atoms with Crippen LogP contribution in [0.25, 0.3) is 0 Å². The highest BCUT2D eigenvalue weighted by Crippen LogP contribution is 2.25. The molecule has 88 valence electrons. The van der Waals surface area contributed by atoms with Crippen molar-refractivity contribution < 1.29 is 9.53 Å². The summed E-state index contributed by atoms with van der Waals surface area (Å²) in [5.41, 5.74) is 0.685. The molecule has 1 rings (SSSR count). The molecule has 0 fully saturated rings. The van der Waals surface area contributed by atoms with E-state index < -0.39 is 0 Å². The number of carbonyl (C=O) groups excluding carboxylic acids is 1. The first-order valence-electron chi connectivity index (χ1n) is 5.39. The molecule has 0 aliphatic carbocycles. The van der Waals surface area contributed by atoms with Gasteiger partial charge in [0.2, 0.25) is 0 Å². The summed E-state index contributed by atoms with van der Waals surface area (Å²) < 4.78 is 6.54. The third-order valence-electron chi connectivity index (χ3n) is 2.58. The van der Waals surface area contributed by atoms with Gasteiger partial charge in [-0.3, -0.25) is 4.79 Å². The third kappa shape index (κ3) is 3.34. The van der Waals surface area contributed by atoms with Gasteiger partial charge < -0.3 is 4.74 Å². The molecule has 1 unspecified atom stereocenters. The van der Waals surface area contributed by atoms with Crippen LogP contribution in [-0.2, 0) is 0 Å². The number of carbonyl (C=O) groups is 1. The normalized spacial score (nSPS) is 12.6. The fourth-order valence-electron chi connectivity index (χ4n) is 1.21. The van der Waals surface area contributed by atoms with E-state index in [4.69, 9.17) is 4.74 Å². The minimum absolute atomic E-state index is 0.0512. The molecule has 0 N–H and O–H groups in total. The van der Waals surface area contributed by atoms with E-state index in [1.54, 1.807) is 13.0 Å². The first kappa shape index (κ1) is 13.2. The highest BCUT2D eigenvalue weighted by atomic mass is 79.9. The molecule has 0 bridgehead atoms. The lowest BCUT2D eigenvalue weighted by molar-refractivity contribution is 0.101. The molecule has 1 aromatic rings. The lowest BCUT2D eigenvalue weighted by Crippen LogP contribution is -2.18. The molecular formula is C13H17BrO2. The topological polar surface area (TPSA) is 26.3 Å². The zero-order chi connectivity index (χ0) is 12.3. The Morgan fingerprint density at radius 1 is 1.31 bits per heavy atom. The zero-order valence-corrected chi connectivity index (χ0v) is 11.7. The van der Waals surface area contributed by atoms with E-state index in [1.165, 1.54) is 0 Å². The number of halogens is 1. The van der Waals surface area contributed by atoms with Crippen LogP contribution in [-0.4, -0.2) is 11.9 Å². The number of rotatable bonds is 4. The van der Waals surface area contributed by atoms with Crippen molar-refractivity contribution in [2.45, 2.75) is 33.8 Å². The quantitative estimate of drug-likeness (QED) is 0.779. The number of hydrogen-bond donors (Lipinski definition) is 0. The first-order chi connectivity index (χ1) is 7.41. The largest absolute Gasteiger partial charge is 0.490 e. The van der Waals surface area contributed by atoms with Gasteiger partial charge in [0.15, 0.2) is 5.78 Å². The van der Waals surface area contributed by atoms with Crippen molar-refractivity contribution in [1.29, 1.82) is 0 Å². The molecule has 0 amide bonds. The van der Waals surface area contributed by atoms with Crippen molar-refractivity contribution >= 4 is 21.7 Å². The number of ether oxygens (including phenoxy) is 1. The van der Waals surface area contributed by atoms with Crippen LogP contribution < -0.4 is 4.74 Å². The Balaban J connectivity index is 2.85. The minimum Gasteiger partial charge on any atom is -0.490 e. The first-order valence-corrected chi connectivity index (χ1v) is 6.18. The average molecular weight is 285 g/mol. The molecule has 0 aliphatic rings. The smallest absolute Gasteiger partial charge is 0.160 e. The summed E-state index contributed by atoms with van der Waals surface area (Å²) in [5.74, 6) is 1.31. The maximum atomic E-state index is 11.2. The molecule has 16 heavy (non-hydrogen) atoms. The molecule has 1 aromatic carbocycles. The van der Waals surface area contributed by atoms with Gasteiger partial charge in [0.05, 0.1) is 6.10 Å². The summed E-state index contributed by atoms with van der Waals surface area (Å²) in [5, 5.41) is 0. The Hall–Kier alpha value is -0.830. The Bertz CT molecular complexity index is 386. The summed E-state index contributed by atoms with van der Waals surface area (Å²) in [6.07, 6.45) is 0.162. The van der Waals surface area contributed by atoms with E-state index in [2.05, 4.69) is 29.8 Å².